The molecule has 1 aliphatic rings. The third-order valence-corrected chi connectivity index (χ3v) is 3.52. The molecule has 0 radical (unpaired) electrons. The highest BCUT2D eigenvalue weighted by Crippen LogP contribution is 2.11. The summed E-state index contributed by atoms with van der Waals surface area (Å²) >= 11 is 0. The van der Waals surface area contributed by atoms with Gasteiger partial charge in [-0.1, -0.05) is 13.8 Å². The summed E-state index contributed by atoms with van der Waals surface area (Å²) in [7, 11) is 0. The van der Waals surface area contributed by atoms with Crippen molar-refractivity contribution in [1.82, 2.24) is 20.9 Å². The van der Waals surface area contributed by atoms with Crippen LogP contribution >= 0.6 is 0 Å². The van der Waals surface area contributed by atoms with Gasteiger partial charge in [-0.3, -0.25) is 15.0 Å². The van der Waals surface area contributed by atoms with Gasteiger partial charge in [0.25, 0.3) is 0 Å². The summed E-state index contributed by atoms with van der Waals surface area (Å²) in [6.07, 6.45) is 3.27. The normalized spacial score (nSPS) is 18.9. The average molecular weight is 284 g/mol. The molecule has 3 N–H and O–H groups in total. The predicted octanol–water partition coefficient (Wildman–Crippen LogP) is 0.544. The summed E-state index contributed by atoms with van der Waals surface area (Å²) in [4.78, 5) is 25.3. The number of likely N-dealkylation sites (N-methyl/N-ethyl adjacent to an activating group) is 1. The van der Waals surface area contributed by atoms with Gasteiger partial charge < -0.3 is 10.6 Å². The Morgan fingerprint density at radius 1 is 1.35 bits per heavy atom. The zero-order chi connectivity index (χ0) is 14.8. The Balaban J connectivity index is 2.27. The van der Waals surface area contributed by atoms with Crippen molar-refractivity contribution in [3.8, 4) is 0 Å². The summed E-state index contributed by atoms with van der Waals surface area (Å²) in [6, 6.07) is -0.396. The summed E-state index contributed by atoms with van der Waals surface area (Å²) in [5.74, 6) is 0.370. The maximum absolute atomic E-state index is 11.8. The monoisotopic (exact) mass is 284 g/mol. The Hall–Kier alpha value is -1.14. The summed E-state index contributed by atoms with van der Waals surface area (Å²) < 4.78 is 0. The molecular formula is C14H28N4O2. The van der Waals surface area contributed by atoms with Crippen molar-refractivity contribution < 1.29 is 9.59 Å². The molecule has 1 heterocycles. The van der Waals surface area contributed by atoms with E-state index in [1.165, 1.54) is 12.8 Å². The van der Waals surface area contributed by atoms with Crippen LogP contribution in [0.3, 0.4) is 0 Å². The fourth-order valence-corrected chi connectivity index (χ4v) is 2.40. The van der Waals surface area contributed by atoms with Gasteiger partial charge >= 0.3 is 6.03 Å². The van der Waals surface area contributed by atoms with E-state index in [1.807, 2.05) is 13.8 Å². The van der Waals surface area contributed by atoms with Crippen molar-refractivity contribution in [2.45, 2.75) is 33.1 Å². The molecule has 1 saturated heterocycles. The van der Waals surface area contributed by atoms with Gasteiger partial charge in [-0.2, -0.15) is 0 Å². The van der Waals surface area contributed by atoms with Gasteiger partial charge in [0, 0.05) is 13.1 Å². The highest BCUT2D eigenvalue weighted by Gasteiger charge is 2.18. The van der Waals surface area contributed by atoms with Gasteiger partial charge in [-0.25, -0.2) is 4.79 Å². The number of carbonyl (C=O) groups is 2. The largest absolute Gasteiger partial charge is 0.338 e. The predicted molar refractivity (Wildman–Crippen MR) is 79.5 cm³/mol. The molecule has 0 aromatic carbocycles. The minimum Gasteiger partial charge on any atom is -0.338 e. The van der Waals surface area contributed by atoms with E-state index in [4.69, 9.17) is 0 Å². The van der Waals surface area contributed by atoms with Gasteiger partial charge in [-0.15, -0.1) is 0 Å². The van der Waals surface area contributed by atoms with Gasteiger partial charge in [0.1, 0.15) is 0 Å². The smallest absolute Gasteiger partial charge is 0.321 e. The first kappa shape index (κ1) is 16.9. The molecule has 20 heavy (non-hydrogen) atoms. The van der Waals surface area contributed by atoms with Gasteiger partial charge in [0.2, 0.25) is 5.91 Å². The van der Waals surface area contributed by atoms with Crippen LogP contribution < -0.4 is 16.0 Å². The van der Waals surface area contributed by atoms with Crippen LogP contribution in [0.2, 0.25) is 0 Å². The summed E-state index contributed by atoms with van der Waals surface area (Å²) in [5.41, 5.74) is 0. The van der Waals surface area contributed by atoms with Crippen molar-refractivity contribution >= 4 is 11.9 Å². The zero-order valence-electron chi connectivity index (χ0n) is 12.7. The lowest BCUT2D eigenvalue weighted by Crippen LogP contribution is -2.46. The number of nitrogens with zero attached hydrogens (tertiary/aromatic N) is 1. The Kier molecular flexibility index (Phi) is 8.22. The van der Waals surface area contributed by atoms with Crippen molar-refractivity contribution in [1.29, 1.82) is 0 Å². The molecular weight excluding hydrogens is 256 g/mol. The molecule has 1 aliphatic heterocycles. The zero-order valence-corrected chi connectivity index (χ0v) is 12.7. The van der Waals surface area contributed by atoms with Crippen molar-refractivity contribution in [2.24, 2.45) is 5.92 Å². The number of urea groups is 1. The molecule has 0 saturated carbocycles. The first-order valence-electron chi connectivity index (χ1n) is 7.66. The SMILES string of the molecule is CCCNC(=O)NC(=O)CN(CC)CC1CCCNC1. The van der Waals surface area contributed by atoms with Crippen LogP contribution in [0.5, 0.6) is 0 Å². The Morgan fingerprint density at radius 2 is 2.15 bits per heavy atom. The molecule has 0 aromatic rings. The van der Waals surface area contributed by atoms with E-state index >= 15 is 0 Å². The highest BCUT2D eigenvalue weighted by molar-refractivity contribution is 5.95. The van der Waals surface area contributed by atoms with E-state index in [0.29, 0.717) is 12.5 Å². The Labute approximate surface area is 121 Å². The standard InChI is InChI=1S/C14H28N4O2/c1-3-7-16-14(20)17-13(19)11-18(4-2)10-12-6-5-8-15-9-12/h12,15H,3-11H2,1-2H3,(H2,16,17,19,20). The van der Waals surface area contributed by atoms with Gasteiger partial charge in [0.05, 0.1) is 6.54 Å². The maximum Gasteiger partial charge on any atom is 0.321 e. The molecule has 0 bridgehead atoms. The van der Waals surface area contributed by atoms with Crippen molar-refractivity contribution in [3.63, 3.8) is 0 Å². The first-order chi connectivity index (χ1) is 9.65. The van der Waals surface area contributed by atoms with Gasteiger partial charge in [0.15, 0.2) is 0 Å². The lowest BCUT2D eigenvalue weighted by Gasteiger charge is -2.28. The second kappa shape index (κ2) is 9.72. The number of hydrogen-bond acceptors (Lipinski definition) is 4. The number of carbonyl (C=O) groups excluding carboxylic acids is 2. The number of nitrogens with one attached hydrogen (secondary N) is 3. The lowest BCUT2D eigenvalue weighted by atomic mass is 9.99. The van der Waals surface area contributed by atoms with Crippen LogP contribution in [0.15, 0.2) is 0 Å². The Morgan fingerprint density at radius 3 is 2.75 bits per heavy atom. The topological polar surface area (TPSA) is 73.5 Å². The molecule has 3 amide bonds. The number of amides is 3. The van der Waals surface area contributed by atoms with E-state index < -0.39 is 6.03 Å². The van der Waals surface area contributed by atoms with Crippen molar-refractivity contribution in [3.05, 3.63) is 0 Å². The second-order valence-corrected chi connectivity index (χ2v) is 5.34. The Bertz CT molecular complexity index is 304. The van der Waals surface area contributed by atoms with Crippen LogP contribution in [0.1, 0.15) is 33.1 Å². The molecule has 1 atom stereocenters. The third kappa shape index (κ3) is 6.86. The molecule has 6 heteroatoms. The highest BCUT2D eigenvalue weighted by atomic mass is 16.2. The molecule has 0 aromatic heterocycles. The first-order valence-corrected chi connectivity index (χ1v) is 7.66. The summed E-state index contributed by atoms with van der Waals surface area (Å²) in [6.45, 7) is 8.74. The fourth-order valence-electron chi connectivity index (χ4n) is 2.40. The molecule has 1 rings (SSSR count). The van der Waals surface area contributed by atoms with Crippen LogP contribution in [0.25, 0.3) is 0 Å². The molecule has 1 unspecified atom stereocenters. The van der Waals surface area contributed by atoms with E-state index in [0.717, 1.165) is 32.6 Å². The lowest BCUT2D eigenvalue weighted by molar-refractivity contribution is -0.121. The maximum atomic E-state index is 11.8. The van der Waals surface area contributed by atoms with Crippen LogP contribution in [-0.2, 0) is 4.79 Å². The molecule has 6 nitrogen and oxygen atoms in total. The minimum atomic E-state index is -0.396. The van der Waals surface area contributed by atoms with E-state index in [1.54, 1.807) is 0 Å². The number of piperidine rings is 1. The fraction of sp³-hybridized carbons (Fsp3) is 0.857. The molecule has 0 spiro atoms. The van der Waals surface area contributed by atoms with E-state index in [9.17, 15) is 9.59 Å². The minimum absolute atomic E-state index is 0.232. The molecule has 116 valence electrons. The van der Waals surface area contributed by atoms with Crippen LogP contribution in [-0.4, -0.2) is 56.1 Å². The number of imide groups is 1. The van der Waals surface area contributed by atoms with Crippen molar-refractivity contribution in [2.75, 3.05) is 39.3 Å². The summed E-state index contributed by atoms with van der Waals surface area (Å²) in [5, 5.41) is 8.39. The molecule has 0 aliphatic carbocycles. The number of hydrogen-bond donors (Lipinski definition) is 3. The van der Waals surface area contributed by atoms with Crippen LogP contribution in [0, 0.1) is 5.92 Å². The third-order valence-electron chi connectivity index (χ3n) is 3.52. The molecule has 1 fully saturated rings. The van der Waals surface area contributed by atoms with E-state index in [-0.39, 0.29) is 12.5 Å². The van der Waals surface area contributed by atoms with Gasteiger partial charge in [-0.05, 0) is 44.8 Å². The van der Waals surface area contributed by atoms with E-state index in [2.05, 4.69) is 20.9 Å². The average Bonchev–Trinajstić information content (AvgIpc) is 2.45. The second-order valence-electron chi connectivity index (χ2n) is 5.34. The van der Waals surface area contributed by atoms with Crippen LogP contribution in [0.4, 0.5) is 4.79 Å². The number of rotatable bonds is 7. The quantitative estimate of drug-likeness (QED) is 0.638.